The molecule has 0 amide bonds. The van der Waals surface area contributed by atoms with Crippen molar-refractivity contribution in [2.45, 2.75) is 37.6 Å². The molecule has 1 heterocycles. The topological polar surface area (TPSA) is 63.4 Å². The van der Waals surface area contributed by atoms with Gasteiger partial charge in [-0.25, -0.2) is 12.8 Å². The molecule has 2 rings (SSSR count). The fourth-order valence-corrected chi connectivity index (χ4v) is 4.26. The average Bonchev–Trinajstić information content (AvgIpc) is 2.47. The summed E-state index contributed by atoms with van der Waals surface area (Å²) in [6.45, 7) is 3.19. The van der Waals surface area contributed by atoms with E-state index in [1.54, 1.807) is 0 Å². The van der Waals surface area contributed by atoms with Crippen molar-refractivity contribution < 1.29 is 12.8 Å². The first kappa shape index (κ1) is 15.4. The summed E-state index contributed by atoms with van der Waals surface area (Å²) in [6.07, 6.45) is 2.81. The lowest BCUT2D eigenvalue weighted by atomic mass is 9.97. The summed E-state index contributed by atoms with van der Waals surface area (Å²) < 4.78 is 40.5. The Labute approximate surface area is 119 Å². The molecule has 1 unspecified atom stereocenters. The van der Waals surface area contributed by atoms with Crippen LogP contribution in [0.1, 0.15) is 31.7 Å². The number of piperidine rings is 1. The Kier molecular flexibility index (Phi) is 4.78. The lowest BCUT2D eigenvalue weighted by molar-refractivity contribution is 0.261. The highest BCUT2D eigenvalue weighted by Gasteiger charge is 2.31. The van der Waals surface area contributed by atoms with E-state index in [9.17, 15) is 12.8 Å². The first-order valence-corrected chi connectivity index (χ1v) is 8.41. The van der Waals surface area contributed by atoms with Gasteiger partial charge >= 0.3 is 0 Å². The molecule has 1 aliphatic rings. The third kappa shape index (κ3) is 3.02. The second-order valence-corrected chi connectivity index (χ2v) is 7.15. The van der Waals surface area contributed by atoms with Gasteiger partial charge in [0.05, 0.1) is 0 Å². The molecule has 0 aliphatic carbocycles. The highest BCUT2D eigenvalue weighted by molar-refractivity contribution is 7.89. The van der Waals surface area contributed by atoms with Gasteiger partial charge in [0, 0.05) is 19.6 Å². The minimum absolute atomic E-state index is 0.195. The lowest BCUT2D eigenvalue weighted by Gasteiger charge is -2.31. The van der Waals surface area contributed by atoms with E-state index in [4.69, 9.17) is 5.73 Å². The molecule has 6 heteroatoms. The third-order valence-corrected chi connectivity index (χ3v) is 5.79. The maximum atomic E-state index is 13.9. The van der Waals surface area contributed by atoms with Crippen LogP contribution in [0.15, 0.2) is 23.1 Å². The predicted octanol–water partition coefficient (Wildman–Crippen LogP) is 2.10. The summed E-state index contributed by atoms with van der Waals surface area (Å²) in [5, 5.41) is 0. The van der Waals surface area contributed by atoms with Crippen LogP contribution < -0.4 is 5.73 Å². The van der Waals surface area contributed by atoms with Gasteiger partial charge in [-0.3, -0.25) is 0 Å². The molecule has 0 bridgehead atoms. The van der Waals surface area contributed by atoms with Crippen molar-refractivity contribution in [3.8, 4) is 0 Å². The summed E-state index contributed by atoms with van der Waals surface area (Å²) in [4.78, 5) is -0.253. The molecule has 4 nitrogen and oxygen atoms in total. The zero-order valence-corrected chi connectivity index (χ0v) is 12.5. The molecule has 2 N–H and O–H groups in total. The van der Waals surface area contributed by atoms with Gasteiger partial charge in [0.2, 0.25) is 10.0 Å². The van der Waals surface area contributed by atoms with Gasteiger partial charge in [0.15, 0.2) is 0 Å². The monoisotopic (exact) mass is 300 g/mol. The predicted molar refractivity (Wildman–Crippen MR) is 76.1 cm³/mol. The molecule has 1 fully saturated rings. The van der Waals surface area contributed by atoms with Crippen LogP contribution in [0.25, 0.3) is 0 Å². The maximum absolute atomic E-state index is 13.9. The molecule has 0 aromatic heterocycles. The fraction of sp³-hybridized carbons (Fsp3) is 0.571. The van der Waals surface area contributed by atoms with E-state index in [0.29, 0.717) is 24.6 Å². The zero-order chi connectivity index (χ0) is 14.8. The number of benzene rings is 1. The molecule has 0 radical (unpaired) electrons. The Balaban J connectivity index is 2.34. The minimum Gasteiger partial charge on any atom is -0.326 e. The second-order valence-electron chi connectivity index (χ2n) is 5.25. The third-order valence-electron chi connectivity index (χ3n) is 3.91. The number of nitrogens with zero attached hydrogens (tertiary/aromatic N) is 1. The van der Waals surface area contributed by atoms with E-state index in [-0.39, 0.29) is 11.4 Å². The number of nitrogens with two attached hydrogens (primary N) is 1. The number of hydrogen-bond donors (Lipinski definition) is 1. The average molecular weight is 300 g/mol. The molecule has 1 aromatic rings. The Morgan fingerprint density at radius 2 is 2.20 bits per heavy atom. The zero-order valence-electron chi connectivity index (χ0n) is 11.7. The van der Waals surface area contributed by atoms with Crippen molar-refractivity contribution in [2.24, 2.45) is 11.7 Å². The van der Waals surface area contributed by atoms with E-state index in [1.807, 2.05) is 0 Å². The Hall–Kier alpha value is -0.980. The normalized spacial score (nSPS) is 21.1. The van der Waals surface area contributed by atoms with Gasteiger partial charge in [-0.2, -0.15) is 4.31 Å². The van der Waals surface area contributed by atoms with Crippen LogP contribution in [-0.2, 0) is 16.6 Å². The molecular weight excluding hydrogens is 279 g/mol. The van der Waals surface area contributed by atoms with Gasteiger partial charge in [-0.15, -0.1) is 0 Å². The molecule has 112 valence electrons. The first-order chi connectivity index (χ1) is 9.48. The van der Waals surface area contributed by atoms with Gasteiger partial charge in [0.1, 0.15) is 10.7 Å². The summed E-state index contributed by atoms with van der Waals surface area (Å²) in [6, 6.07) is 4.04. The van der Waals surface area contributed by atoms with Crippen molar-refractivity contribution in [3.63, 3.8) is 0 Å². The summed E-state index contributed by atoms with van der Waals surface area (Å²) >= 11 is 0. The first-order valence-electron chi connectivity index (χ1n) is 6.97. The summed E-state index contributed by atoms with van der Waals surface area (Å²) in [7, 11) is -3.77. The van der Waals surface area contributed by atoms with Crippen molar-refractivity contribution in [3.05, 3.63) is 29.6 Å². The van der Waals surface area contributed by atoms with Crippen molar-refractivity contribution in [1.29, 1.82) is 0 Å². The van der Waals surface area contributed by atoms with Gasteiger partial charge in [-0.1, -0.05) is 19.4 Å². The van der Waals surface area contributed by atoms with Crippen molar-refractivity contribution in [2.75, 3.05) is 13.1 Å². The minimum atomic E-state index is -3.77. The van der Waals surface area contributed by atoms with E-state index >= 15 is 0 Å². The fourth-order valence-electron chi connectivity index (χ4n) is 2.59. The summed E-state index contributed by atoms with van der Waals surface area (Å²) in [5.74, 6) is -0.347. The van der Waals surface area contributed by atoms with Crippen LogP contribution in [0.2, 0.25) is 0 Å². The van der Waals surface area contributed by atoms with Gasteiger partial charge in [0.25, 0.3) is 0 Å². The quantitative estimate of drug-likeness (QED) is 0.926. The molecule has 0 spiro atoms. The number of halogens is 1. The number of rotatable bonds is 4. The highest BCUT2D eigenvalue weighted by atomic mass is 32.2. The molecule has 1 saturated heterocycles. The number of hydrogen-bond acceptors (Lipinski definition) is 3. The smallest absolute Gasteiger partial charge is 0.246 e. The van der Waals surface area contributed by atoms with Crippen molar-refractivity contribution >= 4 is 10.0 Å². The largest absolute Gasteiger partial charge is 0.326 e. The Morgan fingerprint density at radius 3 is 2.85 bits per heavy atom. The van der Waals surface area contributed by atoms with Crippen LogP contribution in [0, 0.1) is 11.7 Å². The number of sulfonamides is 1. The molecule has 1 aliphatic heterocycles. The van der Waals surface area contributed by atoms with E-state index in [1.165, 1.54) is 22.5 Å². The molecule has 1 atom stereocenters. The van der Waals surface area contributed by atoms with E-state index < -0.39 is 15.8 Å². The molecule has 1 aromatic carbocycles. The van der Waals surface area contributed by atoms with Crippen LogP contribution in [0.4, 0.5) is 4.39 Å². The van der Waals surface area contributed by atoms with Gasteiger partial charge < -0.3 is 5.73 Å². The highest BCUT2D eigenvalue weighted by Crippen LogP contribution is 2.27. The molecular formula is C14H21FN2O2S. The second kappa shape index (κ2) is 6.20. The summed E-state index contributed by atoms with van der Waals surface area (Å²) in [5.41, 5.74) is 6.12. The van der Waals surface area contributed by atoms with Crippen LogP contribution in [0.5, 0.6) is 0 Å². The van der Waals surface area contributed by atoms with E-state index in [0.717, 1.165) is 19.3 Å². The van der Waals surface area contributed by atoms with Crippen LogP contribution in [0.3, 0.4) is 0 Å². The molecule has 20 heavy (non-hydrogen) atoms. The van der Waals surface area contributed by atoms with E-state index in [2.05, 4.69) is 6.92 Å². The lowest BCUT2D eigenvalue weighted by Crippen LogP contribution is -2.40. The maximum Gasteiger partial charge on any atom is 0.246 e. The van der Waals surface area contributed by atoms with Gasteiger partial charge in [-0.05, 0) is 36.5 Å². The standard InChI is InChI=1S/C14H21FN2O2S/c1-2-11-4-3-7-17(10-11)20(18,19)14-8-12(9-16)5-6-13(14)15/h5-6,8,11H,2-4,7,9-10,16H2,1H3. The SMILES string of the molecule is CCC1CCCN(S(=O)(=O)c2cc(CN)ccc2F)C1. The molecule has 0 saturated carbocycles. The van der Waals surface area contributed by atoms with Crippen molar-refractivity contribution in [1.82, 2.24) is 4.31 Å². The Bertz CT molecular complexity index is 575. The van der Waals surface area contributed by atoms with Crippen LogP contribution >= 0.6 is 0 Å². The Morgan fingerprint density at radius 1 is 1.45 bits per heavy atom. The van der Waals surface area contributed by atoms with Crippen LogP contribution in [-0.4, -0.2) is 25.8 Å².